The van der Waals surface area contributed by atoms with E-state index in [1.54, 1.807) is 0 Å². The molecule has 27 heavy (non-hydrogen) atoms. The smallest absolute Gasteiger partial charge is 0.281 e. The second-order valence-corrected chi connectivity index (χ2v) is 8.12. The summed E-state index contributed by atoms with van der Waals surface area (Å²) in [6.07, 6.45) is 0.582. The molecule has 0 spiro atoms. The molecule has 0 aliphatic heterocycles. The number of allylic oxidation sites excluding steroid dienone is 2. The molecule has 6 nitrogen and oxygen atoms in total. The zero-order chi connectivity index (χ0) is 19.7. The molecule has 0 bridgehead atoms. The third-order valence-electron chi connectivity index (χ3n) is 4.95. The second kappa shape index (κ2) is 7.70. The van der Waals surface area contributed by atoms with E-state index in [2.05, 4.69) is 10.9 Å². The molecule has 2 aromatic rings. The van der Waals surface area contributed by atoms with Crippen LogP contribution in [0.25, 0.3) is 10.1 Å². The predicted molar refractivity (Wildman–Crippen MR) is 102 cm³/mol. The first-order valence-electron chi connectivity index (χ1n) is 8.43. The molecule has 0 saturated heterocycles. The minimum atomic E-state index is -1.26. The largest absolute Gasteiger partial charge is 0.550 e. The second-order valence-electron chi connectivity index (χ2n) is 6.69. The highest BCUT2D eigenvalue weighted by molar-refractivity contribution is 7.21. The Morgan fingerprint density at radius 1 is 1.07 bits per heavy atom. The number of nitrogens with one attached hydrogen (secondary N) is 2. The van der Waals surface area contributed by atoms with E-state index in [1.165, 1.54) is 11.3 Å². The number of benzene rings is 1. The summed E-state index contributed by atoms with van der Waals surface area (Å²) in [6, 6.07) is 7.34. The summed E-state index contributed by atoms with van der Waals surface area (Å²) in [5, 5.41) is 12.5. The van der Waals surface area contributed by atoms with E-state index < -0.39 is 29.6 Å². The summed E-state index contributed by atoms with van der Waals surface area (Å²) in [7, 11) is 0. The van der Waals surface area contributed by atoms with Crippen molar-refractivity contribution in [1.82, 2.24) is 10.9 Å². The van der Waals surface area contributed by atoms with Crippen LogP contribution in [0.4, 0.5) is 0 Å². The molecule has 0 radical (unpaired) electrons. The van der Waals surface area contributed by atoms with Gasteiger partial charge in [-0.05, 0) is 32.8 Å². The monoisotopic (exact) mass is 405 g/mol. The molecule has 142 valence electrons. The Morgan fingerprint density at radius 2 is 1.70 bits per heavy atom. The van der Waals surface area contributed by atoms with Crippen LogP contribution in [-0.2, 0) is 9.59 Å². The third-order valence-corrected chi connectivity index (χ3v) is 6.62. The molecule has 2 unspecified atom stereocenters. The zero-order valence-electron chi connectivity index (χ0n) is 14.8. The van der Waals surface area contributed by atoms with Crippen molar-refractivity contribution in [2.24, 2.45) is 11.8 Å². The molecular weight excluding hydrogens is 388 g/mol. The van der Waals surface area contributed by atoms with Gasteiger partial charge in [0.05, 0.1) is 10.9 Å². The number of halogens is 1. The van der Waals surface area contributed by atoms with E-state index in [4.69, 9.17) is 11.6 Å². The van der Waals surface area contributed by atoms with Gasteiger partial charge in [-0.25, -0.2) is 0 Å². The minimum Gasteiger partial charge on any atom is -0.550 e. The van der Waals surface area contributed by atoms with Crippen molar-refractivity contribution in [3.63, 3.8) is 0 Å². The van der Waals surface area contributed by atoms with Crippen LogP contribution in [0.3, 0.4) is 0 Å². The number of hydrogen-bond acceptors (Lipinski definition) is 5. The average Bonchev–Trinajstić information content (AvgIpc) is 2.98. The minimum absolute atomic E-state index is 0.266. The van der Waals surface area contributed by atoms with Gasteiger partial charge < -0.3 is 9.90 Å². The molecule has 2 atom stereocenters. The molecule has 8 heteroatoms. The number of amides is 2. The number of rotatable bonds is 3. The number of thiophene rings is 1. The van der Waals surface area contributed by atoms with E-state index in [-0.39, 0.29) is 11.3 Å². The lowest BCUT2D eigenvalue weighted by atomic mass is 9.76. The summed E-state index contributed by atoms with van der Waals surface area (Å²) in [4.78, 5) is 36.6. The van der Waals surface area contributed by atoms with Gasteiger partial charge in [-0.1, -0.05) is 40.9 Å². The molecule has 0 fully saturated rings. The molecule has 2 N–H and O–H groups in total. The fourth-order valence-corrected chi connectivity index (χ4v) is 4.66. The molecule has 1 aliphatic rings. The topological polar surface area (TPSA) is 98.3 Å². The third kappa shape index (κ3) is 3.84. The summed E-state index contributed by atoms with van der Waals surface area (Å²) < 4.78 is 0.861. The van der Waals surface area contributed by atoms with Gasteiger partial charge in [0.25, 0.3) is 5.91 Å². The van der Waals surface area contributed by atoms with Crippen molar-refractivity contribution < 1.29 is 19.5 Å². The maximum absolute atomic E-state index is 12.5. The summed E-state index contributed by atoms with van der Waals surface area (Å²) in [5.74, 6) is -4.07. The molecule has 1 aliphatic carbocycles. The van der Waals surface area contributed by atoms with Crippen molar-refractivity contribution >= 4 is 50.8 Å². The van der Waals surface area contributed by atoms with Gasteiger partial charge in [0.15, 0.2) is 0 Å². The van der Waals surface area contributed by atoms with Gasteiger partial charge in [0.1, 0.15) is 4.88 Å². The average molecular weight is 406 g/mol. The van der Waals surface area contributed by atoms with Crippen molar-refractivity contribution in [2.45, 2.75) is 26.7 Å². The first-order chi connectivity index (χ1) is 12.8. The number of carbonyl (C=O) groups excluding carboxylic acids is 3. The molecular formula is C19H18ClN2O4S-. The fourth-order valence-electron chi connectivity index (χ4n) is 3.24. The van der Waals surface area contributed by atoms with Crippen LogP contribution in [0.15, 0.2) is 35.4 Å². The van der Waals surface area contributed by atoms with Crippen LogP contribution >= 0.6 is 22.9 Å². The van der Waals surface area contributed by atoms with E-state index in [9.17, 15) is 19.5 Å². The zero-order valence-corrected chi connectivity index (χ0v) is 16.4. The lowest BCUT2D eigenvalue weighted by molar-refractivity contribution is -0.313. The maximum atomic E-state index is 12.5. The highest BCUT2D eigenvalue weighted by Gasteiger charge is 2.33. The van der Waals surface area contributed by atoms with Crippen LogP contribution < -0.4 is 16.0 Å². The Kier molecular flexibility index (Phi) is 5.53. The first-order valence-corrected chi connectivity index (χ1v) is 9.62. The van der Waals surface area contributed by atoms with Crippen LogP contribution in [0.5, 0.6) is 0 Å². The standard InChI is InChI=1S/C19H19ClN2O4S/c1-9-7-12(13(19(25)26)8-10(9)2)17(23)21-22-18(24)16-15(20)11-5-3-4-6-14(11)27-16/h3-6,12-13H,7-8H2,1-2H3,(H,21,23)(H,22,24)(H,25,26)/p-1. The predicted octanol–water partition coefficient (Wildman–Crippen LogP) is 2.43. The summed E-state index contributed by atoms with van der Waals surface area (Å²) >= 11 is 7.48. The quantitative estimate of drug-likeness (QED) is 0.605. The molecule has 2 amide bonds. The number of aliphatic carboxylic acids is 1. The summed E-state index contributed by atoms with van der Waals surface area (Å²) in [5.41, 5.74) is 6.61. The van der Waals surface area contributed by atoms with E-state index in [1.807, 2.05) is 38.1 Å². The normalized spacial score (nSPS) is 19.8. The number of hydrogen-bond donors (Lipinski definition) is 2. The number of fused-ring (bicyclic) bond motifs is 1. The number of carboxylic acids is 1. The van der Waals surface area contributed by atoms with Gasteiger partial charge in [0.2, 0.25) is 5.91 Å². The van der Waals surface area contributed by atoms with Crippen LogP contribution in [0.1, 0.15) is 36.4 Å². The van der Waals surface area contributed by atoms with E-state index >= 15 is 0 Å². The van der Waals surface area contributed by atoms with Crippen molar-refractivity contribution in [3.05, 3.63) is 45.3 Å². The highest BCUT2D eigenvalue weighted by atomic mass is 35.5. The Labute approximate surface area is 165 Å². The van der Waals surface area contributed by atoms with Gasteiger partial charge in [-0.2, -0.15) is 0 Å². The van der Waals surface area contributed by atoms with Gasteiger partial charge >= 0.3 is 0 Å². The lowest BCUT2D eigenvalue weighted by Crippen LogP contribution is -2.49. The Balaban J connectivity index is 1.71. The number of hydrazine groups is 1. The van der Waals surface area contributed by atoms with Gasteiger partial charge in [-0.15, -0.1) is 11.3 Å². The van der Waals surface area contributed by atoms with Crippen molar-refractivity contribution in [2.75, 3.05) is 0 Å². The SMILES string of the molecule is CC1=C(C)CC(C(=O)NNC(=O)c2sc3ccccc3c2Cl)C(C(=O)[O-])C1. The van der Waals surface area contributed by atoms with Crippen LogP contribution in [0.2, 0.25) is 5.02 Å². The lowest BCUT2D eigenvalue weighted by Gasteiger charge is -2.32. The maximum Gasteiger partial charge on any atom is 0.281 e. The van der Waals surface area contributed by atoms with Crippen molar-refractivity contribution in [3.8, 4) is 0 Å². The molecule has 0 saturated carbocycles. The molecule has 1 heterocycles. The Hall–Kier alpha value is -2.38. The Morgan fingerprint density at radius 3 is 2.33 bits per heavy atom. The Bertz CT molecular complexity index is 966. The number of carbonyl (C=O) groups is 3. The van der Waals surface area contributed by atoms with Crippen molar-refractivity contribution in [1.29, 1.82) is 0 Å². The summed E-state index contributed by atoms with van der Waals surface area (Å²) in [6.45, 7) is 3.72. The highest BCUT2D eigenvalue weighted by Crippen LogP contribution is 2.35. The van der Waals surface area contributed by atoms with E-state index in [0.717, 1.165) is 21.2 Å². The number of carboxylic acid groups (broad SMARTS) is 1. The van der Waals surface area contributed by atoms with E-state index in [0.29, 0.717) is 11.4 Å². The van der Waals surface area contributed by atoms with Gasteiger partial charge in [0, 0.05) is 22.0 Å². The van der Waals surface area contributed by atoms with Gasteiger partial charge in [-0.3, -0.25) is 20.4 Å². The molecule has 3 rings (SSSR count). The first kappa shape index (κ1) is 19.4. The van der Waals surface area contributed by atoms with Crippen LogP contribution in [-0.4, -0.2) is 17.8 Å². The van der Waals surface area contributed by atoms with Crippen LogP contribution in [0, 0.1) is 11.8 Å². The fraction of sp³-hybridized carbons (Fsp3) is 0.316. The molecule has 1 aromatic heterocycles. The molecule has 1 aromatic carbocycles.